The van der Waals surface area contributed by atoms with E-state index < -0.39 is 36.2 Å². The van der Waals surface area contributed by atoms with E-state index in [1.165, 1.54) is 4.90 Å². The summed E-state index contributed by atoms with van der Waals surface area (Å²) >= 11 is 0. The van der Waals surface area contributed by atoms with Gasteiger partial charge in [0.1, 0.15) is 11.7 Å². The summed E-state index contributed by atoms with van der Waals surface area (Å²) in [7, 11) is 0. The van der Waals surface area contributed by atoms with Crippen molar-refractivity contribution in [3.8, 4) is 0 Å². The van der Waals surface area contributed by atoms with Gasteiger partial charge in [-0.25, -0.2) is 13.6 Å². The fourth-order valence-corrected chi connectivity index (χ4v) is 2.89. The van der Waals surface area contributed by atoms with Crippen LogP contribution in [0.4, 0.5) is 13.6 Å². The molecule has 6 heteroatoms. The van der Waals surface area contributed by atoms with Crippen LogP contribution in [0.3, 0.4) is 0 Å². The van der Waals surface area contributed by atoms with Crippen LogP contribution < -0.4 is 0 Å². The molecule has 0 aromatic rings. The van der Waals surface area contributed by atoms with E-state index in [2.05, 4.69) is 0 Å². The lowest BCUT2D eigenvalue weighted by molar-refractivity contribution is -0.117. The Kier molecular flexibility index (Phi) is 3.49. The number of alkyl halides is 2. The molecule has 4 nitrogen and oxygen atoms in total. The van der Waals surface area contributed by atoms with Crippen LogP contribution in [0, 0.1) is 0 Å². The first kappa shape index (κ1) is 14.5. The molecule has 1 amide bonds. The number of hydrogen-bond acceptors (Lipinski definition) is 3. The number of carbonyl (C=O) groups is 1. The zero-order chi connectivity index (χ0) is 14.4. The zero-order valence-electron chi connectivity index (χ0n) is 11.5. The predicted octanol–water partition coefficient (Wildman–Crippen LogP) is 2.54. The maximum absolute atomic E-state index is 13.7. The van der Waals surface area contributed by atoms with Gasteiger partial charge in [-0.3, -0.25) is 0 Å². The highest BCUT2D eigenvalue weighted by atomic mass is 19.3. The zero-order valence-corrected chi connectivity index (χ0v) is 11.5. The topological polar surface area (TPSA) is 49.8 Å². The molecule has 0 aliphatic carbocycles. The normalized spacial score (nSPS) is 34.0. The Morgan fingerprint density at radius 3 is 2.47 bits per heavy atom. The number of hydrogen-bond donors (Lipinski definition) is 1. The molecule has 110 valence electrons. The van der Waals surface area contributed by atoms with Crippen molar-refractivity contribution in [2.45, 2.75) is 76.2 Å². The average Bonchev–Trinajstić information content (AvgIpc) is 2.52. The second-order valence-electron chi connectivity index (χ2n) is 6.49. The molecule has 0 aromatic carbocycles. The lowest BCUT2D eigenvalue weighted by Gasteiger charge is -2.31. The largest absolute Gasteiger partial charge is 0.444 e. The first-order valence-electron chi connectivity index (χ1n) is 6.67. The van der Waals surface area contributed by atoms with E-state index in [9.17, 15) is 18.7 Å². The standard InChI is InChI=1S/C13H21F2NO3/c1-12(2,3)19-11(18)16-8-4-5-9(16)7-13(14,15)10(17)6-8/h8-10,17H,4-7H2,1-3H3. The Morgan fingerprint density at radius 1 is 1.32 bits per heavy atom. The molecule has 0 saturated carbocycles. The molecule has 2 heterocycles. The maximum atomic E-state index is 13.7. The summed E-state index contributed by atoms with van der Waals surface area (Å²) in [6.45, 7) is 5.23. The summed E-state index contributed by atoms with van der Waals surface area (Å²) in [6.07, 6.45) is -1.59. The molecule has 1 N–H and O–H groups in total. The monoisotopic (exact) mass is 277 g/mol. The van der Waals surface area contributed by atoms with Crippen LogP contribution in [0.15, 0.2) is 0 Å². The maximum Gasteiger partial charge on any atom is 0.410 e. The van der Waals surface area contributed by atoms with Crippen LogP contribution in [0.1, 0.15) is 46.5 Å². The van der Waals surface area contributed by atoms with Gasteiger partial charge in [-0.05, 0) is 40.0 Å². The summed E-state index contributed by atoms with van der Waals surface area (Å²) in [5, 5.41) is 9.54. The third-order valence-corrected chi connectivity index (χ3v) is 3.71. The second kappa shape index (κ2) is 4.58. The van der Waals surface area contributed by atoms with Crippen molar-refractivity contribution in [3.05, 3.63) is 0 Å². The number of halogens is 2. The quantitative estimate of drug-likeness (QED) is 0.740. The summed E-state index contributed by atoms with van der Waals surface area (Å²) < 4.78 is 32.6. The second-order valence-corrected chi connectivity index (χ2v) is 6.49. The van der Waals surface area contributed by atoms with Gasteiger partial charge in [0.25, 0.3) is 5.92 Å². The summed E-state index contributed by atoms with van der Waals surface area (Å²) in [6, 6.07) is -0.879. The van der Waals surface area contributed by atoms with E-state index in [4.69, 9.17) is 4.74 Å². The lowest BCUT2D eigenvalue weighted by atomic mass is 9.95. The molecular formula is C13H21F2NO3. The first-order chi connectivity index (χ1) is 8.60. The lowest BCUT2D eigenvalue weighted by Crippen LogP contribution is -2.43. The van der Waals surface area contributed by atoms with Crippen LogP contribution in [-0.4, -0.2) is 45.8 Å². The molecule has 19 heavy (non-hydrogen) atoms. The van der Waals surface area contributed by atoms with Gasteiger partial charge in [0.2, 0.25) is 0 Å². The van der Waals surface area contributed by atoms with Crippen molar-refractivity contribution in [3.63, 3.8) is 0 Å². The third-order valence-electron chi connectivity index (χ3n) is 3.71. The SMILES string of the molecule is CC(C)(C)OC(=O)N1C2CCC1CC(F)(F)C(O)C2. The van der Waals surface area contributed by atoms with Crippen molar-refractivity contribution in [2.24, 2.45) is 0 Å². The number of carbonyl (C=O) groups excluding carboxylic acids is 1. The van der Waals surface area contributed by atoms with Gasteiger partial charge < -0.3 is 14.7 Å². The third kappa shape index (κ3) is 2.99. The molecular weight excluding hydrogens is 256 g/mol. The molecule has 2 aliphatic rings. The van der Waals surface area contributed by atoms with E-state index in [1.807, 2.05) is 0 Å². The van der Waals surface area contributed by atoms with E-state index in [0.29, 0.717) is 12.8 Å². The highest BCUT2D eigenvalue weighted by molar-refractivity contribution is 5.69. The number of nitrogens with zero attached hydrogens (tertiary/aromatic N) is 1. The Labute approximate surface area is 111 Å². The smallest absolute Gasteiger partial charge is 0.410 e. The van der Waals surface area contributed by atoms with Crippen molar-refractivity contribution in [1.82, 2.24) is 4.90 Å². The van der Waals surface area contributed by atoms with Crippen LogP contribution in [-0.2, 0) is 4.74 Å². The molecule has 3 unspecified atom stereocenters. The average molecular weight is 277 g/mol. The van der Waals surface area contributed by atoms with Crippen LogP contribution in [0.2, 0.25) is 0 Å². The number of ether oxygens (including phenoxy) is 1. The van der Waals surface area contributed by atoms with Crippen molar-refractivity contribution >= 4 is 6.09 Å². The Morgan fingerprint density at radius 2 is 1.89 bits per heavy atom. The fourth-order valence-electron chi connectivity index (χ4n) is 2.89. The molecule has 2 saturated heterocycles. The molecule has 2 aliphatic heterocycles. The van der Waals surface area contributed by atoms with Gasteiger partial charge in [-0.15, -0.1) is 0 Å². The van der Waals surface area contributed by atoms with Gasteiger partial charge >= 0.3 is 6.09 Å². The Bertz CT molecular complexity index is 367. The van der Waals surface area contributed by atoms with Crippen LogP contribution in [0.5, 0.6) is 0 Å². The Balaban J connectivity index is 2.16. The van der Waals surface area contributed by atoms with Crippen molar-refractivity contribution in [2.75, 3.05) is 0 Å². The molecule has 2 fully saturated rings. The predicted molar refractivity (Wildman–Crippen MR) is 65.1 cm³/mol. The van der Waals surface area contributed by atoms with Crippen molar-refractivity contribution < 1.29 is 23.4 Å². The van der Waals surface area contributed by atoms with Gasteiger partial charge in [-0.2, -0.15) is 0 Å². The van der Waals surface area contributed by atoms with Gasteiger partial charge in [-0.1, -0.05) is 0 Å². The minimum Gasteiger partial charge on any atom is -0.444 e. The van der Waals surface area contributed by atoms with Gasteiger partial charge in [0.05, 0.1) is 0 Å². The number of rotatable bonds is 0. The van der Waals surface area contributed by atoms with Crippen LogP contribution in [0.25, 0.3) is 0 Å². The van der Waals surface area contributed by atoms with Crippen molar-refractivity contribution in [1.29, 1.82) is 0 Å². The van der Waals surface area contributed by atoms with Crippen LogP contribution >= 0.6 is 0 Å². The van der Waals surface area contributed by atoms with Gasteiger partial charge in [0, 0.05) is 18.5 Å². The highest BCUT2D eigenvalue weighted by Crippen LogP contribution is 2.41. The molecule has 0 spiro atoms. The molecule has 0 radical (unpaired) electrons. The Hall–Kier alpha value is -0.910. The number of fused-ring (bicyclic) bond motifs is 2. The number of amides is 1. The van der Waals surface area contributed by atoms with E-state index in [1.54, 1.807) is 20.8 Å². The first-order valence-corrected chi connectivity index (χ1v) is 6.67. The minimum atomic E-state index is -3.12. The summed E-state index contributed by atoms with van der Waals surface area (Å²) in [5.74, 6) is -3.12. The minimum absolute atomic E-state index is 0.0806. The molecule has 2 rings (SSSR count). The fraction of sp³-hybridized carbons (Fsp3) is 0.923. The van der Waals surface area contributed by atoms with E-state index in [0.717, 1.165) is 0 Å². The molecule has 0 aromatic heterocycles. The molecule has 3 atom stereocenters. The highest BCUT2D eigenvalue weighted by Gasteiger charge is 2.52. The number of aliphatic hydroxyl groups is 1. The van der Waals surface area contributed by atoms with E-state index in [-0.39, 0.29) is 12.5 Å². The molecule has 2 bridgehead atoms. The van der Waals surface area contributed by atoms with E-state index >= 15 is 0 Å². The number of aliphatic hydroxyl groups excluding tert-OH is 1. The summed E-state index contributed by atoms with van der Waals surface area (Å²) in [4.78, 5) is 13.5. The summed E-state index contributed by atoms with van der Waals surface area (Å²) in [5.41, 5.74) is -0.649. The van der Waals surface area contributed by atoms with Gasteiger partial charge in [0.15, 0.2) is 0 Å².